The van der Waals surface area contributed by atoms with Crippen LogP contribution in [0.1, 0.15) is 0 Å². The Kier molecular flexibility index (Phi) is 30.8. The molecule has 0 aliphatic carbocycles. The van der Waals surface area contributed by atoms with Crippen molar-refractivity contribution in [3.05, 3.63) is 59.8 Å². The zero-order chi connectivity index (χ0) is 19.6. The normalized spacial score (nSPS) is 12.9. The summed E-state index contributed by atoms with van der Waals surface area (Å²) in [6.45, 7) is 0. The van der Waals surface area contributed by atoms with E-state index in [1.807, 2.05) is 72.2 Å². The molecule has 0 aromatic rings. The third kappa shape index (κ3) is 17.2. The molecular formula is C14H34B2Cl4N7Ti2-5. The van der Waals surface area contributed by atoms with Crippen LogP contribution in [0.2, 0.25) is 0 Å². The number of hydrogen-bond acceptors (Lipinski definition) is 6. The van der Waals surface area contributed by atoms with Crippen LogP contribution in [-0.4, -0.2) is 75.8 Å². The van der Waals surface area contributed by atoms with Crippen LogP contribution in [0.3, 0.4) is 0 Å². The van der Waals surface area contributed by atoms with Crippen LogP contribution in [-0.2, 0) is 31.1 Å². The summed E-state index contributed by atoms with van der Waals surface area (Å²) in [6, 6.07) is 0. The maximum atomic E-state index is 5.67. The molecule has 2 heterocycles. The van der Waals surface area contributed by atoms with Gasteiger partial charge in [0.25, 0.3) is 0 Å². The van der Waals surface area contributed by atoms with Gasteiger partial charge in [-0.2, -0.15) is 14.1 Å². The molecule has 0 saturated heterocycles. The van der Waals surface area contributed by atoms with Crippen molar-refractivity contribution in [1.82, 2.24) is 19.2 Å². The molecule has 172 valence electrons. The van der Waals surface area contributed by atoms with Gasteiger partial charge in [0.2, 0.25) is 0 Å². The molecule has 0 N–H and O–H groups in total. The average molecular weight is 560 g/mol. The summed E-state index contributed by atoms with van der Waals surface area (Å²) in [5.41, 5.74) is 0. The smallest absolute Gasteiger partial charge is 0.162 e. The SMILES string of the molecule is CN1C=CN(C)B1[N]=[Ti]([Cl])[Cl].CN1C=CN(C)B1[N]=[Ti]([Cl])[Cl].C[N-]C.[CH3-].[CH3-].[CH3-].[CH3-]. The fourth-order valence-electron chi connectivity index (χ4n) is 1.84. The Morgan fingerprint density at radius 2 is 0.793 bits per heavy atom. The minimum atomic E-state index is -2.09. The number of hydrogen-bond donors (Lipinski definition) is 0. The van der Waals surface area contributed by atoms with Crippen molar-refractivity contribution in [2.75, 3.05) is 42.3 Å². The Bertz CT molecular complexity index is 454. The molecule has 0 aromatic heterocycles. The topological polar surface area (TPSA) is 51.8 Å². The van der Waals surface area contributed by atoms with Gasteiger partial charge in [0.1, 0.15) is 0 Å². The summed E-state index contributed by atoms with van der Waals surface area (Å²) >= 11 is -4.19. The Morgan fingerprint density at radius 3 is 0.931 bits per heavy atom. The predicted molar refractivity (Wildman–Crippen MR) is 130 cm³/mol. The fraction of sp³-hybridized carbons (Fsp3) is 0.429. The predicted octanol–water partition coefficient (Wildman–Crippen LogP) is 5.28. The fourth-order valence-corrected chi connectivity index (χ4v) is 4.96. The van der Waals surface area contributed by atoms with Crippen molar-refractivity contribution in [2.45, 2.75) is 0 Å². The van der Waals surface area contributed by atoms with Gasteiger partial charge in [-0.3, -0.25) is 0 Å². The van der Waals surface area contributed by atoms with Crippen molar-refractivity contribution < 1.29 is 31.1 Å². The van der Waals surface area contributed by atoms with Crippen LogP contribution in [0.5, 0.6) is 0 Å². The second kappa shape index (κ2) is 22.2. The molecule has 0 aromatic carbocycles. The van der Waals surface area contributed by atoms with Crippen LogP contribution in [0.25, 0.3) is 5.32 Å². The Hall–Kier alpha value is 0.958. The molecular weight excluding hydrogens is 525 g/mol. The average Bonchev–Trinajstić information content (AvgIpc) is 2.98. The zero-order valence-electron chi connectivity index (χ0n) is 19.1. The van der Waals surface area contributed by atoms with E-state index in [4.69, 9.17) is 37.2 Å². The Morgan fingerprint density at radius 1 is 0.621 bits per heavy atom. The maximum absolute atomic E-state index is 5.67. The van der Waals surface area contributed by atoms with E-state index in [2.05, 4.69) is 12.0 Å². The second-order valence-corrected chi connectivity index (χ2v) is 14.9. The molecule has 0 radical (unpaired) electrons. The van der Waals surface area contributed by atoms with E-state index in [9.17, 15) is 0 Å². The van der Waals surface area contributed by atoms with Crippen molar-refractivity contribution >= 4 is 51.5 Å². The van der Waals surface area contributed by atoms with Gasteiger partial charge < -0.3 is 35.0 Å². The van der Waals surface area contributed by atoms with Crippen molar-refractivity contribution in [3.8, 4) is 0 Å². The summed E-state index contributed by atoms with van der Waals surface area (Å²) in [5.74, 6) is 0. The first-order chi connectivity index (χ1) is 11.6. The van der Waals surface area contributed by atoms with Gasteiger partial charge in [-0.15, -0.1) is 0 Å². The number of nitrogens with zero attached hydrogens (tertiary/aromatic N) is 7. The molecule has 0 unspecified atom stereocenters. The van der Waals surface area contributed by atoms with Crippen LogP contribution in [0, 0.1) is 29.7 Å². The summed E-state index contributed by atoms with van der Waals surface area (Å²) in [6.07, 6.45) is 7.79. The number of halogens is 4. The summed E-state index contributed by atoms with van der Waals surface area (Å²) < 4.78 is 8.45. The standard InChI is InChI=1S/2C4H8BN3.C2H6N.4CH3.4ClH.2Ti/c2*1-7-3-4-8(2)5(7)6;1-3-2;;;;;;;;;;/h2*3-4H,1-2H3;1-2H3;4*1H3;4*1H;;/q;;5*-1;;;;;2*+2/p-4. The van der Waals surface area contributed by atoms with Crippen LogP contribution >= 0.6 is 37.2 Å². The van der Waals surface area contributed by atoms with Crippen molar-refractivity contribution in [2.24, 2.45) is 6.66 Å². The number of rotatable bonds is 2. The van der Waals surface area contributed by atoms with E-state index >= 15 is 0 Å². The Labute approximate surface area is 208 Å². The van der Waals surface area contributed by atoms with E-state index in [0.29, 0.717) is 0 Å². The van der Waals surface area contributed by atoms with Gasteiger partial charge in [-0.1, -0.05) is 0 Å². The molecule has 0 saturated carbocycles. The van der Waals surface area contributed by atoms with Crippen molar-refractivity contribution in [1.29, 1.82) is 0 Å². The molecule has 15 heteroatoms. The maximum Gasteiger partial charge on any atom is -0.162 e. The summed E-state index contributed by atoms with van der Waals surface area (Å²) in [4.78, 5) is 7.88. The molecule has 0 fully saturated rings. The van der Waals surface area contributed by atoms with E-state index in [1.54, 1.807) is 14.1 Å². The first-order valence-corrected chi connectivity index (χ1v) is 17.1. The molecule has 0 spiro atoms. The molecule has 2 aliphatic heterocycles. The second-order valence-electron chi connectivity index (χ2n) is 5.14. The molecule has 0 amide bonds. The minimum Gasteiger partial charge on any atom is -0.668 e. The quantitative estimate of drug-likeness (QED) is 0.341. The van der Waals surface area contributed by atoms with E-state index in [-0.39, 0.29) is 43.9 Å². The van der Waals surface area contributed by atoms with Gasteiger partial charge >= 0.3 is 161 Å². The molecule has 2 rings (SSSR count). The van der Waals surface area contributed by atoms with Crippen LogP contribution in [0.15, 0.2) is 31.5 Å². The van der Waals surface area contributed by atoms with Gasteiger partial charge in [0.05, 0.1) is 0 Å². The van der Waals surface area contributed by atoms with Gasteiger partial charge in [0.15, 0.2) is 0 Å². The van der Waals surface area contributed by atoms with Gasteiger partial charge in [0, 0.05) is 0 Å². The zero-order valence-corrected chi connectivity index (χ0v) is 25.3. The van der Waals surface area contributed by atoms with Crippen LogP contribution < -0.4 is 0 Å². The van der Waals surface area contributed by atoms with E-state index < -0.39 is 31.1 Å². The van der Waals surface area contributed by atoms with Gasteiger partial charge in [-0.05, 0) is 0 Å². The monoisotopic (exact) mass is 558 g/mol. The molecule has 0 atom stereocenters. The van der Waals surface area contributed by atoms with E-state index in [0.717, 1.165) is 0 Å². The molecule has 29 heavy (non-hydrogen) atoms. The molecule has 7 nitrogen and oxygen atoms in total. The summed E-state index contributed by atoms with van der Waals surface area (Å²) in [7, 11) is 34.0. The Balaban J connectivity index is -0.000000104. The first kappa shape index (κ1) is 40.3. The third-order valence-corrected chi connectivity index (χ3v) is 5.90. The van der Waals surface area contributed by atoms with Gasteiger partial charge in [-0.25, -0.2) is 0 Å². The summed E-state index contributed by atoms with van der Waals surface area (Å²) in [5, 5.41) is 3.50. The minimum absolute atomic E-state index is 0. The third-order valence-electron chi connectivity index (χ3n) is 2.96. The van der Waals surface area contributed by atoms with Crippen molar-refractivity contribution in [3.63, 3.8) is 0 Å². The molecule has 2 aliphatic rings. The first-order valence-electron chi connectivity index (χ1n) is 7.14. The van der Waals surface area contributed by atoms with Crippen LogP contribution in [0.4, 0.5) is 0 Å². The largest absolute Gasteiger partial charge is 0.668 e. The molecule has 0 bridgehead atoms. The van der Waals surface area contributed by atoms with E-state index in [1.165, 1.54) is 0 Å².